The molecule has 22 heavy (non-hydrogen) atoms. The van der Waals surface area contributed by atoms with E-state index in [1.807, 2.05) is 6.92 Å². The lowest BCUT2D eigenvalue weighted by molar-refractivity contribution is 0.280. The topological polar surface area (TPSA) is 113 Å². The fraction of sp³-hybridized carbons (Fsp3) is 0.364. The summed E-state index contributed by atoms with van der Waals surface area (Å²) >= 11 is 1.10. The number of aromatic nitrogens is 7. The predicted molar refractivity (Wildman–Crippen MR) is 76.4 cm³/mol. The zero-order chi connectivity index (χ0) is 16.4. The van der Waals surface area contributed by atoms with Gasteiger partial charge in [0, 0.05) is 30.8 Å². The van der Waals surface area contributed by atoms with Crippen molar-refractivity contribution in [1.82, 2.24) is 34.4 Å². The Hall–Kier alpha value is -2.69. The van der Waals surface area contributed by atoms with Crippen LogP contribution in [0.4, 0.5) is 0 Å². The fourth-order valence-electron chi connectivity index (χ4n) is 1.71. The van der Waals surface area contributed by atoms with E-state index in [0.29, 0.717) is 23.1 Å². The van der Waals surface area contributed by atoms with Gasteiger partial charge >= 0.3 is 5.69 Å². The minimum atomic E-state index is -0.421. The van der Waals surface area contributed by atoms with E-state index >= 15 is 0 Å². The van der Waals surface area contributed by atoms with E-state index in [1.54, 1.807) is 6.07 Å². The summed E-state index contributed by atoms with van der Waals surface area (Å²) in [7, 11) is 1.50. The summed E-state index contributed by atoms with van der Waals surface area (Å²) in [6.45, 7) is 2.37. The molecular formula is C11H13N7O3S. The third kappa shape index (κ3) is 2.57. The number of ether oxygens (including phenoxy) is 2. The Kier molecular flexibility index (Phi) is 3.53. The average Bonchev–Trinajstić information content (AvgIpc) is 3.20. The van der Waals surface area contributed by atoms with Gasteiger partial charge in [0.25, 0.3) is 0 Å². The zero-order valence-electron chi connectivity index (χ0n) is 12.8. The highest BCUT2D eigenvalue weighted by Crippen LogP contribution is 2.30. The second-order valence-corrected chi connectivity index (χ2v) is 4.90. The Bertz CT molecular complexity index is 867. The lowest BCUT2D eigenvalue weighted by Gasteiger charge is -2.06. The maximum Gasteiger partial charge on any atom is 0.369 e. The van der Waals surface area contributed by atoms with Crippen LogP contribution in [0.1, 0.15) is 12.5 Å². The molecule has 3 aromatic heterocycles. The Morgan fingerprint density at radius 2 is 2.32 bits per heavy atom. The van der Waals surface area contributed by atoms with Crippen LogP contribution in [0.5, 0.6) is 10.9 Å². The first-order valence-electron chi connectivity index (χ1n) is 6.83. The standard InChI is InChI=1S/C11H13N7O3S/c1-3-20-10-7(6-21-8-4-5-12-13-8)9(14-22-10)18-11(19)17(2)15-16-18/h4-5H,3,6H2,1-2H3,(H,12,13)/i/hT. The Labute approximate surface area is 129 Å². The second-order valence-electron chi connectivity index (χ2n) is 4.16. The third-order valence-electron chi connectivity index (χ3n) is 2.73. The van der Waals surface area contributed by atoms with E-state index in [2.05, 4.69) is 19.9 Å². The molecule has 10 nitrogen and oxygen atoms in total. The number of nitrogens with one attached hydrogen (secondary N) is 1. The van der Waals surface area contributed by atoms with Crippen LogP contribution in [0.15, 0.2) is 17.1 Å². The lowest BCUT2D eigenvalue weighted by atomic mass is 10.3. The molecule has 0 atom stereocenters. The minimum absolute atomic E-state index is 0.0706. The molecule has 0 saturated heterocycles. The highest BCUT2D eigenvalue weighted by Gasteiger charge is 2.21. The molecule has 0 aliphatic heterocycles. The molecule has 0 unspecified atom stereocenters. The van der Waals surface area contributed by atoms with Crippen LogP contribution in [0.25, 0.3) is 5.82 Å². The summed E-state index contributed by atoms with van der Waals surface area (Å²) in [6, 6.07) is 1.56. The van der Waals surface area contributed by atoms with Crippen molar-refractivity contribution in [3.8, 4) is 16.8 Å². The van der Waals surface area contributed by atoms with Crippen molar-refractivity contribution in [2.75, 3.05) is 6.61 Å². The van der Waals surface area contributed by atoms with Gasteiger partial charge in [-0.25, -0.2) is 4.79 Å². The van der Waals surface area contributed by atoms with Crippen LogP contribution >= 0.6 is 11.5 Å². The SMILES string of the molecule is [3H]n1ccc(OCc2c(-n3nnn(C)c3=O)nsc2OCC)n1. The number of aryl methyl sites for hydroxylation is 1. The number of tetrazole rings is 1. The van der Waals surface area contributed by atoms with Crippen molar-refractivity contribution in [3.63, 3.8) is 0 Å². The molecule has 1 N–H and O–H groups in total. The summed E-state index contributed by atoms with van der Waals surface area (Å²) < 4.78 is 24.8. The average molecular weight is 325 g/mol. The number of hydrogen-bond donors (Lipinski definition) is 1. The molecule has 0 aliphatic rings. The molecule has 3 aromatic rings. The largest absolute Gasteiger partial charge is 0.483 e. The van der Waals surface area contributed by atoms with Crippen molar-refractivity contribution >= 4 is 11.5 Å². The van der Waals surface area contributed by atoms with E-state index in [1.165, 1.54) is 13.2 Å². The molecule has 0 aromatic carbocycles. The quantitative estimate of drug-likeness (QED) is 0.685. The molecule has 0 amide bonds. The van der Waals surface area contributed by atoms with E-state index in [4.69, 9.17) is 10.9 Å². The molecule has 11 heteroatoms. The van der Waals surface area contributed by atoms with Gasteiger partial charge in [-0.15, -0.1) is 9.78 Å². The van der Waals surface area contributed by atoms with Gasteiger partial charge in [0.2, 0.25) is 10.9 Å². The first-order valence-corrected chi connectivity index (χ1v) is 7.16. The molecule has 3 heterocycles. The van der Waals surface area contributed by atoms with Crippen LogP contribution < -0.4 is 15.2 Å². The molecule has 0 bridgehead atoms. The van der Waals surface area contributed by atoms with Crippen molar-refractivity contribution in [1.29, 1.82) is 0 Å². The van der Waals surface area contributed by atoms with Crippen LogP contribution in [0.3, 0.4) is 0 Å². The lowest BCUT2D eigenvalue weighted by Crippen LogP contribution is -2.23. The monoisotopic (exact) mass is 325 g/mol. The highest BCUT2D eigenvalue weighted by atomic mass is 32.1. The third-order valence-corrected chi connectivity index (χ3v) is 3.53. The molecule has 0 radical (unpaired) electrons. The molecule has 0 spiro atoms. The number of nitrogens with zero attached hydrogens (tertiary/aromatic N) is 6. The fourth-order valence-corrected chi connectivity index (χ4v) is 2.50. The van der Waals surface area contributed by atoms with Gasteiger partial charge in [-0.3, -0.25) is 5.09 Å². The Balaban J connectivity index is 1.94. The van der Waals surface area contributed by atoms with Crippen LogP contribution in [-0.2, 0) is 13.7 Å². The van der Waals surface area contributed by atoms with Crippen molar-refractivity contribution < 1.29 is 10.9 Å². The van der Waals surface area contributed by atoms with E-state index in [0.717, 1.165) is 26.0 Å². The summed E-state index contributed by atoms with van der Waals surface area (Å²) in [5.41, 5.74) is 0.147. The van der Waals surface area contributed by atoms with E-state index < -0.39 is 5.69 Å². The number of H-pyrrole nitrogens is 1. The van der Waals surface area contributed by atoms with Gasteiger partial charge in [-0.1, -0.05) is 0 Å². The van der Waals surface area contributed by atoms with Crippen molar-refractivity contribution in [2.24, 2.45) is 7.05 Å². The van der Waals surface area contributed by atoms with Gasteiger partial charge < -0.3 is 9.47 Å². The van der Waals surface area contributed by atoms with Gasteiger partial charge in [0.05, 0.1) is 12.2 Å². The van der Waals surface area contributed by atoms with Gasteiger partial charge in [-0.05, 0) is 17.4 Å². The molecule has 116 valence electrons. The van der Waals surface area contributed by atoms with Crippen molar-refractivity contribution in [2.45, 2.75) is 13.5 Å². The maximum absolute atomic E-state index is 12.0. The van der Waals surface area contributed by atoms with Gasteiger partial charge in [0.1, 0.15) is 6.61 Å². The van der Waals surface area contributed by atoms with Gasteiger partial charge in [0.15, 0.2) is 7.23 Å². The number of hydrogen-bond acceptors (Lipinski definition) is 8. The Morgan fingerprint density at radius 1 is 1.45 bits per heavy atom. The first kappa shape index (κ1) is 13.0. The predicted octanol–water partition coefficient (Wildman–Crippen LogP) is 0.123. The highest BCUT2D eigenvalue weighted by molar-refractivity contribution is 7.08. The minimum Gasteiger partial charge on any atom is -0.483 e. The van der Waals surface area contributed by atoms with E-state index in [-0.39, 0.29) is 12.5 Å². The second kappa shape index (κ2) is 5.97. The molecule has 3 rings (SSSR count). The first-order chi connectivity index (χ1) is 11.1. The molecular weight excluding hydrogens is 310 g/mol. The number of aromatic amines is 1. The van der Waals surface area contributed by atoms with Crippen LogP contribution in [-0.4, -0.2) is 41.0 Å². The summed E-state index contributed by atoms with van der Waals surface area (Å²) in [5, 5.41) is 12.7. The molecule has 0 saturated carbocycles. The zero-order valence-corrected chi connectivity index (χ0v) is 12.6. The Morgan fingerprint density at radius 3 is 2.95 bits per heavy atom. The summed E-state index contributed by atoms with van der Waals surface area (Å²) in [4.78, 5) is 12.0. The van der Waals surface area contributed by atoms with Crippen LogP contribution in [0, 0.1) is 0 Å². The normalized spacial score (nSPS) is 11.5. The van der Waals surface area contributed by atoms with Crippen LogP contribution in [0.2, 0.25) is 1.41 Å². The number of rotatable bonds is 6. The van der Waals surface area contributed by atoms with E-state index in [9.17, 15) is 4.79 Å². The molecule has 0 aliphatic carbocycles. The summed E-state index contributed by atoms with van der Waals surface area (Å²) in [5.74, 6) is 0.591. The summed E-state index contributed by atoms with van der Waals surface area (Å²) in [6.07, 6.45) is 1.44. The van der Waals surface area contributed by atoms with Crippen molar-refractivity contribution in [3.05, 3.63) is 28.3 Å². The molecule has 0 fully saturated rings. The van der Waals surface area contributed by atoms with Gasteiger partial charge in [-0.2, -0.15) is 9.06 Å². The maximum atomic E-state index is 12.0. The smallest absolute Gasteiger partial charge is 0.369 e.